The van der Waals surface area contributed by atoms with Crippen LogP contribution in [0.2, 0.25) is 0 Å². The molecule has 1 aromatic rings. The summed E-state index contributed by atoms with van der Waals surface area (Å²) in [5.74, 6) is 0.311. The average Bonchev–Trinajstić information content (AvgIpc) is 3.48. The summed E-state index contributed by atoms with van der Waals surface area (Å²) >= 11 is 13.6. The molecule has 4 atom stereocenters. The largest absolute Gasteiger partial charge is 0.495 e. The van der Waals surface area contributed by atoms with Crippen LogP contribution in [-0.2, 0) is 19.1 Å². The smallest absolute Gasteiger partial charge is 0.407 e. The molecule has 200 valence electrons. The van der Waals surface area contributed by atoms with Gasteiger partial charge >= 0.3 is 6.09 Å². The Morgan fingerprint density at radius 3 is 2.65 bits per heavy atom. The van der Waals surface area contributed by atoms with Crippen molar-refractivity contribution < 1.29 is 38.9 Å². The molecular weight excluding hydrogens is 754 g/mol. The number of nitrogens with zero attached hydrogens (tertiary/aromatic N) is 1. The fourth-order valence-electron chi connectivity index (χ4n) is 3.85. The molecule has 1 saturated heterocycles. The normalized spacial score (nSPS) is 25.6. The van der Waals surface area contributed by atoms with Crippen LogP contribution in [0.15, 0.2) is 47.0 Å². The van der Waals surface area contributed by atoms with Crippen molar-refractivity contribution >= 4 is 81.4 Å². The molecule has 2 heterocycles. The number of hydrogen-bond donors (Lipinski definition) is 4. The summed E-state index contributed by atoms with van der Waals surface area (Å²) in [6.45, 7) is 0.138. The summed E-state index contributed by atoms with van der Waals surface area (Å²) in [6.07, 6.45) is -1.46. The lowest BCUT2D eigenvalue weighted by atomic mass is 9.87. The van der Waals surface area contributed by atoms with E-state index < -0.39 is 35.9 Å². The zero-order chi connectivity index (χ0) is 26.9. The van der Waals surface area contributed by atoms with E-state index in [1.165, 1.54) is 7.11 Å². The van der Waals surface area contributed by atoms with Gasteiger partial charge in [0.05, 0.1) is 31.6 Å². The van der Waals surface area contributed by atoms with Gasteiger partial charge in [0.25, 0.3) is 5.91 Å². The molecule has 1 aromatic carbocycles. The van der Waals surface area contributed by atoms with E-state index in [1.54, 1.807) is 18.2 Å². The van der Waals surface area contributed by atoms with Crippen molar-refractivity contribution in [3.63, 3.8) is 0 Å². The average molecular weight is 775 g/mol. The third kappa shape index (κ3) is 6.01. The maximum absolute atomic E-state index is 12.6. The lowest BCUT2D eigenvalue weighted by Crippen LogP contribution is -2.45. The molecule has 0 bridgehead atoms. The second kappa shape index (κ2) is 11.6. The first kappa shape index (κ1) is 28.4. The van der Waals surface area contributed by atoms with Crippen LogP contribution < -0.4 is 15.4 Å². The third-order valence-corrected chi connectivity index (χ3v) is 8.30. The van der Waals surface area contributed by atoms with Crippen molar-refractivity contribution in [3.05, 3.63) is 47.4 Å². The Bertz CT molecular complexity index is 1180. The monoisotopic (exact) mass is 771 g/mol. The van der Waals surface area contributed by atoms with Crippen molar-refractivity contribution in [3.8, 4) is 5.75 Å². The van der Waals surface area contributed by atoms with E-state index in [1.807, 2.05) is 0 Å². The van der Waals surface area contributed by atoms with Crippen LogP contribution in [0.5, 0.6) is 5.75 Å². The lowest BCUT2D eigenvalue weighted by molar-refractivity contribution is -0.115. The summed E-state index contributed by atoms with van der Waals surface area (Å²) in [7, 11) is 1.47. The van der Waals surface area contributed by atoms with Crippen LogP contribution in [-0.4, -0.2) is 72.5 Å². The molecule has 2 aliphatic heterocycles. The topological polar surface area (TPSA) is 148 Å². The van der Waals surface area contributed by atoms with Crippen molar-refractivity contribution in [2.75, 3.05) is 26.8 Å². The number of carbonyl (C=O) groups excluding carboxylic acids is 2. The van der Waals surface area contributed by atoms with Gasteiger partial charge in [-0.15, -0.1) is 0 Å². The quantitative estimate of drug-likeness (QED) is 0.315. The molecule has 37 heavy (non-hydrogen) atoms. The molecule has 4 N–H and O–H groups in total. The fourth-order valence-corrected chi connectivity index (χ4v) is 7.09. The highest BCUT2D eigenvalue weighted by Crippen LogP contribution is 2.44. The second-order valence-electron chi connectivity index (χ2n) is 8.30. The first-order valence-corrected chi connectivity index (χ1v) is 14.0. The number of aliphatic hydroxyl groups is 2. The molecular formula is C22H21Br4N3O8. The Balaban J connectivity index is 1.29. The summed E-state index contributed by atoms with van der Waals surface area (Å²) in [4.78, 5) is 29.4. The van der Waals surface area contributed by atoms with E-state index in [0.29, 0.717) is 36.0 Å². The van der Waals surface area contributed by atoms with Crippen LogP contribution >= 0.6 is 63.7 Å². The van der Waals surface area contributed by atoms with Gasteiger partial charge in [-0.3, -0.25) is 4.79 Å². The first-order valence-electron chi connectivity index (χ1n) is 10.8. The minimum atomic E-state index is -1.27. The Morgan fingerprint density at radius 2 is 2.03 bits per heavy atom. The SMILES string of the molecule is COC1=C(Br)[C@@H](O)[C@@]2(C=C1Br)CC(C(=O)NC[C@H](O)COc1c(Br)cc([C@H]3CNC(=O)O3)cc1Br)=NO2. The highest BCUT2D eigenvalue weighted by molar-refractivity contribution is 9.12. The molecule has 3 aliphatic rings. The van der Waals surface area contributed by atoms with Gasteiger partial charge in [0, 0.05) is 13.0 Å². The maximum Gasteiger partial charge on any atom is 0.407 e. The summed E-state index contributed by atoms with van der Waals surface area (Å²) in [5.41, 5.74) is -0.445. The van der Waals surface area contributed by atoms with E-state index in [2.05, 4.69) is 79.5 Å². The Kier molecular flexibility index (Phi) is 8.90. The van der Waals surface area contributed by atoms with Crippen LogP contribution in [0.4, 0.5) is 4.79 Å². The zero-order valence-electron chi connectivity index (χ0n) is 19.1. The number of benzene rings is 1. The second-order valence-corrected chi connectivity index (χ2v) is 11.7. The lowest BCUT2D eigenvalue weighted by Gasteiger charge is -2.33. The summed E-state index contributed by atoms with van der Waals surface area (Å²) in [5, 5.41) is 30.1. The zero-order valence-corrected chi connectivity index (χ0v) is 25.4. The number of cyclic esters (lactones) is 1. The number of allylic oxidation sites excluding steroid dienone is 1. The number of hydrogen-bond acceptors (Lipinski definition) is 9. The molecule has 1 spiro atoms. The van der Waals surface area contributed by atoms with Gasteiger partial charge in [0.1, 0.15) is 42.1 Å². The number of amides is 2. The molecule has 15 heteroatoms. The standard InChI is InChI=1S/C22H21Br4N3O8/c1-34-18-13(25)4-22(19(31)16(18)26)5-14(29-37-22)20(32)27-6-10(30)8-35-17-11(23)2-9(3-12(17)24)15-7-28-21(33)36-15/h2-4,10,15,19,30-31H,5-8H2,1H3,(H,27,32)(H,28,33)/t10-,15+,19+,22+/m0/s1. The van der Waals surface area contributed by atoms with E-state index in [4.69, 9.17) is 19.0 Å². The van der Waals surface area contributed by atoms with Gasteiger partial charge < -0.3 is 39.9 Å². The van der Waals surface area contributed by atoms with E-state index in [0.717, 1.165) is 5.56 Å². The first-order chi connectivity index (χ1) is 17.5. The number of methoxy groups -OCH3 is 1. The summed E-state index contributed by atoms with van der Waals surface area (Å²) in [6, 6.07) is 3.53. The highest BCUT2D eigenvalue weighted by Gasteiger charge is 2.50. The van der Waals surface area contributed by atoms with Crippen molar-refractivity contribution in [2.24, 2.45) is 5.16 Å². The van der Waals surface area contributed by atoms with Crippen LogP contribution in [0, 0.1) is 0 Å². The molecule has 1 aliphatic carbocycles. The van der Waals surface area contributed by atoms with Gasteiger partial charge in [-0.25, -0.2) is 4.79 Å². The molecule has 0 aromatic heterocycles. The molecule has 11 nitrogen and oxygen atoms in total. The van der Waals surface area contributed by atoms with Gasteiger partial charge in [-0.1, -0.05) is 5.16 Å². The number of halogens is 4. The number of aliphatic hydroxyl groups excluding tert-OH is 2. The predicted molar refractivity (Wildman–Crippen MR) is 145 cm³/mol. The molecule has 4 rings (SSSR count). The Morgan fingerprint density at radius 1 is 1.32 bits per heavy atom. The molecule has 1 fully saturated rings. The molecule has 0 radical (unpaired) electrons. The number of rotatable bonds is 8. The fraction of sp³-hybridized carbons (Fsp3) is 0.409. The van der Waals surface area contributed by atoms with Gasteiger partial charge in [0.15, 0.2) is 5.60 Å². The van der Waals surface area contributed by atoms with Crippen LogP contribution in [0.1, 0.15) is 18.1 Å². The van der Waals surface area contributed by atoms with Gasteiger partial charge in [0.2, 0.25) is 0 Å². The highest BCUT2D eigenvalue weighted by atomic mass is 79.9. The van der Waals surface area contributed by atoms with Crippen LogP contribution in [0.3, 0.4) is 0 Å². The number of alkyl carbamates (subject to hydrolysis) is 1. The predicted octanol–water partition coefficient (Wildman–Crippen LogP) is 3.27. The van der Waals surface area contributed by atoms with E-state index in [-0.39, 0.29) is 25.3 Å². The number of nitrogens with one attached hydrogen (secondary N) is 2. The van der Waals surface area contributed by atoms with Crippen LogP contribution in [0.25, 0.3) is 0 Å². The minimum Gasteiger partial charge on any atom is -0.495 e. The summed E-state index contributed by atoms with van der Waals surface area (Å²) < 4.78 is 18.3. The Hall–Kier alpha value is -1.65. The van der Waals surface area contributed by atoms with Gasteiger partial charge in [-0.2, -0.15) is 0 Å². The molecule has 2 amide bonds. The molecule has 0 saturated carbocycles. The molecule has 0 unspecified atom stereocenters. The third-order valence-electron chi connectivity index (χ3n) is 5.74. The van der Waals surface area contributed by atoms with E-state index >= 15 is 0 Å². The van der Waals surface area contributed by atoms with Crippen molar-refractivity contribution in [1.29, 1.82) is 0 Å². The number of carbonyl (C=O) groups is 2. The van der Waals surface area contributed by atoms with Crippen molar-refractivity contribution in [2.45, 2.75) is 30.3 Å². The van der Waals surface area contributed by atoms with Crippen molar-refractivity contribution in [1.82, 2.24) is 10.6 Å². The number of ether oxygens (including phenoxy) is 3. The number of oxime groups is 1. The minimum absolute atomic E-state index is 0.00581. The Labute approximate surface area is 245 Å². The van der Waals surface area contributed by atoms with E-state index in [9.17, 15) is 19.8 Å². The maximum atomic E-state index is 12.6. The van der Waals surface area contributed by atoms with Gasteiger partial charge in [-0.05, 0) is 87.5 Å².